The number of para-hydroxylation sites is 2. The number of aliphatic carboxylic acids is 1. The number of aromatic nitrogens is 1. The zero-order chi connectivity index (χ0) is 18.7. The smallest absolute Gasteiger partial charge is 0.304 e. The van der Waals surface area contributed by atoms with Crippen molar-refractivity contribution in [1.29, 1.82) is 0 Å². The van der Waals surface area contributed by atoms with Crippen LogP contribution in [0.3, 0.4) is 0 Å². The first-order valence-electron chi connectivity index (χ1n) is 8.62. The van der Waals surface area contributed by atoms with E-state index in [2.05, 4.69) is 18.0 Å². The third kappa shape index (κ3) is 3.12. The van der Waals surface area contributed by atoms with E-state index in [9.17, 15) is 9.90 Å². The van der Waals surface area contributed by atoms with Gasteiger partial charge in [-0.05, 0) is 23.6 Å². The second-order valence-corrected chi connectivity index (χ2v) is 6.17. The van der Waals surface area contributed by atoms with Crippen molar-refractivity contribution in [2.45, 2.75) is 25.7 Å². The quantitative estimate of drug-likeness (QED) is 0.662. The van der Waals surface area contributed by atoms with Gasteiger partial charge in [0.15, 0.2) is 11.5 Å². The standard InChI is InChI=1S/C21H23NO4/c1-4-13-7-5-8-14-17(12-22-20(13)14)16(11-19(23)24)15-9-6-10-18(25-2)21(15)26-3/h5-10,12,16,22H,4,11H2,1-3H3,(H,23,24)/t16-/m1/s1. The molecule has 0 amide bonds. The zero-order valence-electron chi connectivity index (χ0n) is 15.2. The van der Waals surface area contributed by atoms with Crippen LogP contribution in [0.5, 0.6) is 11.5 Å². The SMILES string of the molecule is CCc1cccc2c([C@H](CC(=O)O)c3cccc(OC)c3OC)c[nH]c12. The molecule has 26 heavy (non-hydrogen) atoms. The van der Waals surface area contributed by atoms with Gasteiger partial charge in [0.25, 0.3) is 0 Å². The summed E-state index contributed by atoms with van der Waals surface area (Å²) in [7, 11) is 3.15. The fraction of sp³-hybridized carbons (Fsp3) is 0.286. The number of nitrogens with one attached hydrogen (secondary N) is 1. The molecule has 3 rings (SSSR count). The number of carboxylic acids is 1. The highest BCUT2D eigenvalue weighted by atomic mass is 16.5. The fourth-order valence-electron chi connectivity index (χ4n) is 3.57. The van der Waals surface area contributed by atoms with E-state index in [1.54, 1.807) is 14.2 Å². The Morgan fingerprint density at radius 3 is 2.54 bits per heavy atom. The van der Waals surface area contributed by atoms with Gasteiger partial charge in [0.2, 0.25) is 0 Å². The van der Waals surface area contributed by atoms with Gasteiger partial charge in [0.05, 0.1) is 20.6 Å². The van der Waals surface area contributed by atoms with E-state index >= 15 is 0 Å². The number of benzene rings is 2. The third-order valence-corrected chi connectivity index (χ3v) is 4.78. The van der Waals surface area contributed by atoms with Gasteiger partial charge >= 0.3 is 5.97 Å². The molecule has 0 radical (unpaired) electrons. The largest absolute Gasteiger partial charge is 0.493 e. The molecule has 0 aliphatic heterocycles. The molecule has 136 valence electrons. The van der Waals surface area contributed by atoms with Crippen LogP contribution >= 0.6 is 0 Å². The number of methoxy groups -OCH3 is 2. The first kappa shape index (κ1) is 17.9. The van der Waals surface area contributed by atoms with E-state index in [0.29, 0.717) is 11.5 Å². The minimum atomic E-state index is -0.860. The molecule has 1 aromatic heterocycles. The van der Waals surface area contributed by atoms with Gasteiger partial charge in [-0.2, -0.15) is 0 Å². The maximum Gasteiger partial charge on any atom is 0.304 e. The number of ether oxygens (including phenoxy) is 2. The summed E-state index contributed by atoms with van der Waals surface area (Å²) in [4.78, 5) is 14.9. The molecule has 0 spiro atoms. The molecule has 1 atom stereocenters. The molecule has 1 heterocycles. The van der Waals surface area contributed by atoms with Gasteiger partial charge in [-0.15, -0.1) is 0 Å². The molecule has 3 aromatic rings. The van der Waals surface area contributed by atoms with Crippen molar-refractivity contribution < 1.29 is 19.4 Å². The number of aryl methyl sites for hydroxylation is 1. The Kier molecular flexibility index (Phi) is 5.16. The number of fused-ring (bicyclic) bond motifs is 1. The van der Waals surface area contributed by atoms with Crippen LogP contribution in [-0.2, 0) is 11.2 Å². The summed E-state index contributed by atoms with van der Waals surface area (Å²) in [5, 5.41) is 10.6. The van der Waals surface area contributed by atoms with Crippen LogP contribution in [0.1, 0.15) is 36.0 Å². The normalized spacial score (nSPS) is 12.1. The lowest BCUT2D eigenvalue weighted by atomic mass is 9.87. The lowest BCUT2D eigenvalue weighted by Crippen LogP contribution is -2.09. The van der Waals surface area contributed by atoms with Crippen LogP contribution in [0.4, 0.5) is 0 Å². The summed E-state index contributed by atoms with van der Waals surface area (Å²) in [6.45, 7) is 2.11. The summed E-state index contributed by atoms with van der Waals surface area (Å²) in [5.74, 6) is -0.0454. The van der Waals surface area contributed by atoms with Crippen molar-refractivity contribution in [3.63, 3.8) is 0 Å². The van der Waals surface area contributed by atoms with Gasteiger partial charge in [0.1, 0.15) is 0 Å². The van der Waals surface area contributed by atoms with Crippen LogP contribution in [0, 0.1) is 0 Å². The second kappa shape index (κ2) is 7.52. The minimum absolute atomic E-state index is 0.0349. The van der Waals surface area contributed by atoms with E-state index < -0.39 is 5.97 Å². The van der Waals surface area contributed by atoms with Crippen molar-refractivity contribution in [3.8, 4) is 11.5 Å². The number of carbonyl (C=O) groups is 1. The summed E-state index contributed by atoms with van der Waals surface area (Å²) in [6.07, 6.45) is 2.78. The summed E-state index contributed by atoms with van der Waals surface area (Å²) in [6, 6.07) is 11.7. The number of H-pyrrole nitrogens is 1. The molecule has 0 unspecified atom stereocenters. The van der Waals surface area contributed by atoms with Gasteiger partial charge in [-0.1, -0.05) is 37.3 Å². The molecule has 0 aliphatic rings. The van der Waals surface area contributed by atoms with E-state index in [1.807, 2.05) is 36.5 Å². The molecule has 2 aromatic carbocycles. The average Bonchev–Trinajstić information content (AvgIpc) is 3.09. The summed E-state index contributed by atoms with van der Waals surface area (Å²) in [5.41, 5.74) is 4.02. The van der Waals surface area contributed by atoms with Gasteiger partial charge in [-0.25, -0.2) is 0 Å². The van der Waals surface area contributed by atoms with Crippen molar-refractivity contribution >= 4 is 16.9 Å². The lowest BCUT2D eigenvalue weighted by Gasteiger charge is -2.20. The van der Waals surface area contributed by atoms with Crippen LogP contribution in [0.2, 0.25) is 0 Å². The Bertz CT molecular complexity index is 929. The monoisotopic (exact) mass is 353 g/mol. The number of hydrogen-bond donors (Lipinski definition) is 2. The maximum absolute atomic E-state index is 11.6. The first-order valence-corrected chi connectivity index (χ1v) is 8.62. The van der Waals surface area contributed by atoms with Crippen LogP contribution < -0.4 is 9.47 Å². The first-order chi connectivity index (χ1) is 12.6. The maximum atomic E-state index is 11.6. The molecular weight excluding hydrogens is 330 g/mol. The fourth-order valence-corrected chi connectivity index (χ4v) is 3.57. The van der Waals surface area contributed by atoms with Crippen LogP contribution in [0.25, 0.3) is 10.9 Å². The Morgan fingerprint density at radius 1 is 1.12 bits per heavy atom. The topological polar surface area (TPSA) is 71.6 Å². The number of rotatable bonds is 7. The van der Waals surface area contributed by atoms with Gasteiger partial charge < -0.3 is 19.6 Å². The predicted molar refractivity (Wildman–Crippen MR) is 101 cm³/mol. The highest BCUT2D eigenvalue weighted by molar-refractivity contribution is 5.88. The van der Waals surface area contributed by atoms with E-state index in [1.165, 1.54) is 5.56 Å². The number of aromatic amines is 1. The average molecular weight is 353 g/mol. The van der Waals surface area contributed by atoms with Crippen LogP contribution in [0.15, 0.2) is 42.6 Å². The van der Waals surface area contributed by atoms with E-state index in [0.717, 1.165) is 28.5 Å². The van der Waals surface area contributed by atoms with Crippen molar-refractivity contribution in [2.75, 3.05) is 14.2 Å². The van der Waals surface area contributed by atoms with Gasteiger partial charge in [0, 0.05) is 28.6 Å². The molecule has 5 heteroatoms. The minimum Gasteiger partial charge on any atom is -0.493 e. The highest BCUT2D eigenvalue weighted by Gasteiger charge is 2.26. The molecule has 0 saturated heterocycles. The van der Waals surface area contributed by atoms with E-state index in [4.69, 9.17) is 9.47 Å². The summed E-state index contributed by atoms with van der Waals surface area (Å²) < 4.78 is 10.9. The second-order valence-electron chi connectivity index (χ2n) is 6.17. The Hall–Kier alpha value is -2.95. The molecule has 0 saturated carbocycles. The highest BCUT2D eigenvalue weighted by Crippen LogP contribution is 2.42. The van der Waals surface area contributed by atoms with Gasteiger partial charge in [-0.3, -0.25) is 4.79 Å². The molecule has 0 aliphatic carbocycles. The summed E-state index contributed by atoms with van der Waals surface area (Å²) >= 11 is 0. The third-order valence-electron chi connectivity index (χ3n) is 4.78. The lowest BCUT2D eigenvalue weighted by molar-refractivity contribution is -0.137. The van der Waals surface area contributed by atoms with Crippen molar-refractivity contribution in [2.24, 2.45) is 0 Å². The van der Waals surface area contributed by atoms with Crippen LogP contribution in [-0.4, -0.2) is 30.3 Å². The number of carboxylic acid groups (broad SMARTS) is 1. The molecule has 2 N–H and O–H groups in total. The Balaban J connectivity index is 2.22. The molecule has 0 bridgehead atoms. The zero-order valence-corrected chi connectivity index (χ0v) is 15.2. The molecule has 5 nitrogen and oxygen atoms in total. The predicted octanol–water partition coefficient (Wildman–Crippen LogP) is 4.35. The van der Waals surface area contributed by atoms with E-state index in [-0.39, 0.29) is 12.3 Å². The molecular formula is C21H23NO4. The molecule has 0 fully saturated rings. The Labute approximate surface area is 152 Å². The number of hydrogen-bond acceptors (Lipinski definition) is 3. The Morgan fingerprint density at radius 2 is 1.88 bits per heavy atom. The van der Waals surface area contributed by atoms with Crippen molar-refractivity contribution in [3.05, 3.63) is 59.3 Å². The van der Waals surface area contributed by atoms with Crippen molar-refractivity contribution in [1.82, 2.24) is 4.98 Å².